The number of fused-ring (bicyclic) bond motifs is 1. The molecule has 2 aromatic rings. The van der Waals surface area contributed by atoms with E-state index in [1.54, 1.807) is 0 Å². The first-order valence-corrected chi connectivity index (χ1v) is 7.13. The molecule has 0 saturated carbocycles. The van der Waals surface area contributed by atoms with E-state index >= 15 is 0 Å². The van der Waals surface area contributed by atoms with Crippen LogP contribution in [0.2, 0.25) is 0 Å². The molecule has 1 aromatic carbocycles. The summed E-state index contributed by atoms with van der Waals surface area (Å²) in [6.45, 7) is 2.88. The Morgan fingerprint density at radius 2 is 2.15 bits per heavy atom. The van der Waals surface area contributed by atoms with Gasteiger partial charge in [0.2, 0.25) is 0 Å². The van der Waals surface area contributed by atoms with Crippen molar-refractivity contribution in [3.63, 3.8) is 0 Å². The zero-order valence-corrected chi connectivity index (χ0v) is 12.0. The highest BCUT2D eigenvalue weighted by atomic mass is 16.5. The van der Waals surface area contributed by atoms with Gasteiger partial charge in [0.1, 0.15) is 0 Å². The van der Waals surface area contributed by atoms with Crippen LogP contribution >= 0.6 is 0 Å². The van der Waals surface area contributed by atoms with Gasteiger partial charge in [0.05, 0.1) is 24.4 Å². The number of nitrogens with zero attached hydrogens (tertiary/aromatic N) is 1. The summed E-state index contributed by atoms with van der Waals surface area (Å²) in [6.07, 6.45) is 4.10. The van der Waals surface area contributed by atoms with Crippen molar-refractivity contribution in [3.05, 3.63) is 53.4 Å². The largest absolute Gasteiger partial charge is 0.501 e. The van der Waals surface area contributed by atoms with Gasteiger partial charge in [-0.25, -0.2) is 0 Å². The van der Waals surface area contributed by atoms with Gasteiger partial charge in [0.15, 0.2) is 0 Å². The van der Waals surface area contributed by atoms with Crippen LogP contribution in [-0.2, 0) is 4.74 Å². The Balaban J connectivity index is 2.13. The Morgan fingerprint density at radius 1 is 1.30 bits per heavy atom. The number of nitrogens with one attached hydrogen (secondary N) is 1. The Hall–Kier alpha value is -1.87. The minimum Gasteiger partial charge on any atom is -0.501 e. The van der Waals surface area contributed by atoms with Crippen molar-refractivity contribution in [1.29, 1.82) is 0 Å². The first-order chi connectivity index (χ1) is 9.79. The lowest BCUT2D eigenvalue weighted by Gasteiger charge is -2.24. The number of aromatic nitrogens is 1. The smallest absolute Gasteiger partial charge is 0.0876 e. The van der Waals surface area contributed by atoms with E-state index in [1.165, 1.54) is 16.5 Å². The average Bonchev–Trinajstić information content (AvgIpc) is 2.49. The molecular weight excluding hydrogens is 248 g/mol. The average molecular weight is 268 g/mol. The highest BCUT2D eigenvalue weighted by molar-refractivity contribution is 5.83. The van der Waals surface area contributed by atoms with E-state index in [0.717, 1.165) is 30.7 Å². The van der Waals surface area contributed by atoms with Crippen LogP contribution in [0.3, 0.4) is 0 Å². The minimum absolute atomic E-state index is 0.196. The summed E-state index contributed by atoms with van der Waals surface area (Å²) < 4.78 is 5.51. The van der Waals surface area contributed by atoms with Crippen LogP contribution in [0.5, 0.6) is 0 Å². The molecule has 20 heavy (non-hydrogen) atoms. The Kier molecular flexibility index (Phi) is 3.70. The maximum absolute atomic E-state index is 5.51. The van der Waals surface area contributed by atoms with Gasteiger partial charge in [-0.15, -0.1) is 0 Å². The Bertz CT molecular complexity index is 648. The van der Waals surface area contributed by atoms with Crippen molar-refractivity contribution < 1.29 is 4.74 Å². The molecule has 3 rings (SSSR count). The van der Waals surface area contributed by atoms with Crippen LogP contribution in [0.15, 0.2) is 42.2 Å². The fourth-order valence-electron chi connectivity index (χ4n) is 2.92. The zero-order chi connectivity index (χ0) is 13.9. The molecule has 0 amide bonds. The predicted octanol–water partition coefficient (Wildman–Crippen LogP) is 3.50. The summed E-state index contributed by atoms with van der Waals surface area (Å²) in [5.41, 5.74) is 4.71. The predicted molar refractivity (Wildman–Crippen MR) is 81.5 cm³/mol. The summed E-state index contributed by atoms with van der Waals surface area (Å²) in [6, 6.07) is 10.7. The first kappa shape index (κ1) is 13.1. The molecule has 0 radical (unpaired) electrons. The summed E-state index contributed by atoms with van der Waals surface area (Å²) in [5.74, 6) is 0. The molecule has 0 fully saturated rings. The van der Waals surface area contributed by atoms with E-state index in [2.05, 4.69) is 41.5 Å². The first-order valence-electron chi connectivity index (χ1n) is 7.13. The molecule has 1 aliphatic heterocycles. The molecule has 1 atom stereocenters. The number of benzene rings is 1. The van der Waals surface area contributed by atoms with E-state index in [0.29, 0.717) is 0 Å². The molecule has 1 aromatic heterocycles. The Morgan fingerprint density at radius 3 is 2.90 bits per heavy atom. The second-order valence-corrected chi connectivity index (χ2v) is 5.26. The molecule has 0 bridgehead atoms. The van der Waals surface area contributed by atoms with Crippen molar-refractivity contribution in [2.75, 3.05) is 13.7 Å². The van der Waals surface area contributed by atoms with Crippen LogP contribution in [0, 0.1) is 6.92 Å². The Labute approximate surface area is 119 Å². The van der Waals surface area contributed by atoms with Crippen molar-refractivity contribution in [2.24, 2.45) is 0 Å². The number of hydrogen-bond donors (Lipinski definition) is 1. The number of aryl methyl sites for hydroxylation is 1. The quantitative estimate of drug-likeness (QED) is 0.925. The van der Waals surface area contributed by atoms with Crippen LogP contribution in [0.4, 0.5) is 0 Å². The van der Waals surface area contributed by atoms with Crippen LogP contribution in [0.25, 0.3) is 10.9 Å². The van der Waals surface area contributed by atoms with Gasteiger partial charge in [-0.3, -0.25) is 4.98 Å². The van der Waals surface area contributed by atoms with Crippen LogP contribution < -0.4 is 5.32 Å². The van der Waals surface area contributed by atoms with Gasteiger partial charge in [0.25, 0.3) is 0 Å². The number of ether oxygens (including phenoxy) is 1. The van der Waals surface area contributed by atoms with E-state index < -0.39 is 0 Å². The number of rotatable bonds is 3. The molecule has 104 valence electrons. The number of para-hydroxylation sites is 1. The maximum atomic E-state index is 5.51. The van der Waals surface area contributed by atoms with Gasteiger partial charge in [-0.05, 0) is 50.1 Å². The fraction of sp³-hybridized carbons (Fsp3) is 0.353. The van der Waals surface area contributed by atoms with E-state index in [4.69, 9.17) is 4.74 Å². The third-order valence-electron chi connectivity index (χ3n) is 3.81. The lowest BCUT2D eigenvalue weighted by Crippen LogP contribution is -2.21. The molecule has 1 N–H and O–H groups in total. The fourth-order valence-corrected chi connectivity index (χ4v) is 2.92. The van der Waals surface area contributed by atoms with Gasteiger partial charge in [0, 0.05) is 11.1 Å². The molecule has 0 saturated heterocycles. The summed E-state index contributed by atoms with van der Waals surface area (Å²) in [5, 5.41) is 4.64. The molecule has 0 spiro atoms. The lowest BCUT2D eigenvalue weighted by atomic mass is 9.92. The topological polar surface area (TPSA) is 34.1 Å². The van der Waals surface area contributed by atoms with Crippen molar-refractivity contribution >= 4 is 10.9 Å². The third kappa shape index (κ3) is 2.41. The second-order valence-electron chi connectivity index (χ2n) is 5.26. The highest BCUT2D eigenvalue weighted by Gasteiger charge is 2.20. The van der Waals surface area contributed by atoms with Crippen molar-refractivity contribution in [3.8, 4) is 0 Å². The van der Waals surface area contributed by atoms with Crippen molar-refractivity contribution in [1.82, 2.24) is 10.3 Å². The van der Waals surface area contributed by atoms with Crippen molar-refractivity contribution in [2.45, 2.75) is 25.8 Å². The molecule has 1 unspecified atom stereocenters. The van der Waals surface area contributed by atoms with Crippen LogP contribution in [0.1, 0.15) is 30.1 Å². The highest BCUT2D eigenvalue weighted by Crippen LogP contribution is 2.32. The molecular formula is C17H20N2O. The van der Waals surface area contributed by atoms with Gasteiger partial charge >= 0.3 is 0 Å². The van der Waals surface area contributed by atoms with Crippen LogP contribution in [-0.4, -0.2) is 18.6 Å². The lowest BCUT2D eigenvalue weighted by molar-refractivity contribution is 0.220. The molecule has 3 heteroatoms. The number of likely N-dealkylation sites (N-methyl/N-ethyl adjacent to an activating group) is 1. The minimum atomic E-state index is 0.196. The van der Waals surface area contributed by atoms with E-state index in [-0.39, 0.29) is 6.04 Å². The van der Waals surface area contributed by atoms with E-state index in [9.17, 15) is 0 Å². The number of pyridine rings is 1. The number of hydrogen-bond acceptors (Lipinski definition) is 3. The molecule has 3 nitrogen and oxygen atoms in total. The third-order valence-corrected chi connectivity index (χ3v) is 3.81. The molecule has 1 aliphatic rings. The van der Waals surface area contributed by atoms with Gasteiger partial charge in [-0.1, -0.05) is 18.2 Å². The summed E-state index contributed by atoms with van der Waals surface area (Å²) in [7, 11) is 2.00. The maximum Gasteiger partial charge on any atom is 0.0876 e. The summed E-state index contributed by atoms with van der Waals surface area (Å²) in [4.78, 5) is 4.62. The van der Waals surface area contributed by atoms with Gasteiger partial charge < -0.3 is 10.1 Å². The van der Waals surface area contributed by atoms with E-state index in [1.807, 2.05) is 19.4 Å². The standard InChI is InChI=1S/C17H20N2O/c1-12-10-15(14-7-3-4-8-16(14)19-12)17(18-2)13-6-5-9-20-11-13/h3-4,7-8,10-11,17-18H,5-6,9H2,1-2H3. The molecule has 0 aliphatic carbocycles. The summed E-state index contributed by atoms with van der Waals surface area (Å²) >= 11 is 0. The SMILES string of the molecule is CNC(C1=COCCC1)c1cc(C)nc2ccccc12. The normalized spacial score (nSPS) is 16.6. The molecule has 2 heterocycles. The zero-order valence-electron chi connectivity index (χ0n) is 12.0. The second kappa shape index (κ2) is 5.63. The monoisotopic (exact) mass is 268 g/mol. The van der Waals surface area contributed by atoms with Gasteiger partial charge in [-0.2, -0.15) is 0 Å².